The van der Waals surface area contributed by atoms with Crippen LogP contribution in [0, 0.1) is 0 Å². The van der Waals surface area contributed by atoms with Crippen LogP contribution in [0.15, 0.2) is 204 Å². The molecular formula is C61H32O5. The molecule has 16 rings (SSSR count). The van der Waals surface area contributed by atoms with Gasteiger partial charge in [-0.05, 0) is 147 Å². The molecule has 5 heterocycles. The molecule has 0 radical (unpaired) electrons. The van der Waals surface area contributed by atoms with Gasteiger partial charge < -0.3 is 22.1 Å². The second-order valence-corrected chi connectivity index (χ2v) is 17.9. The Labute approximate surface area is 374 Å². The van der Waals surface area contributed by atoms with Gasteiger partial charge in [0.1, 0.15) is 55.8 Å². The Bertz CT molecular complexity index is 4410. The fourth-order valence-electron chi connectivity index (χ4n) is 11.2. The average Bonchev–Trinajstić information content (AvgIpc) is 4.22. The Hall–Kier alpha value is -8.80. The molecule has 5 nitrogen and oxygen atoms in total. The zero-order valence-corrected chi connectivity index (χ0v) is 35.1. The summed E-state index contributed by atoms with van der Waals surface area (Å²) in [6.07, 6.45) is 0.926. The first-order valence-corrected chi connectivity index (χ1v) is 22.4. The second kappa shape index (κ2) is 12.5. The van der Waals surface area contributed by atoms with Crippen LogP contribution < -0.4 is 0 Å². The fourth-order valence-corrected chi connectivity index (χ4v) is 11.2. The monoisotopic (exact) mass is 844 g/mol. The summed E-state index contributed by atoms with van der Waals surface area (Å²) in [5.41, 5.74) is 20.3. The van der Waals surface area contributed by atoms with E-state index < -0.39 is 0 Å². The maximum Gasteiger partial charge on any atom is 0.147 e. The molecule has 0 fully saturated rings. The molecule has 0 aliphatic heterocycles. The Kier molecular flexibility index (Phi) is 6.55. The van der Waals surface area contributed by atoms with E-state index in [0.29, 0.717) is 0 Å². The van der Waals surface area contributed by atoms with Gasteiger partial charge in [-0.15, -0.1) is 0 Å². The van der Waals surface area contributed by atoms with E-state index in [2.05, 4.69) is 146 Å². The van der Waals surface area contributed by atoms with Crippen LogP contribution in [0.2, 0.25) is 0 Å². The quantitative estimate of drug-likeness (QED) is 0.177. The summed E-state index contributed by atoms with van der Waals surface area (Å²) in [5, 5.41) is 10.6. The molecule has 15 aromatic rings. The van der Waals surface area contributed by atoms with Crippen molar-refractivity contribution in [2.45, 2.75) is 6.42 Å². The van der Waals surface area contributed by atoms with Crippen molar-refractivity contribution >= 4 is 110 Å². The predicted octanol–water partition coefficient (Wildman–Crippen LogP) is 17.8. The molecule has 0 unspecified atom stereocenters. The number of hydrogen-bond donors (Lipinski definition) is 0. The molecule has 306 valence electrons. The molecule has 0 N–H and O–H groups in total. The van der Waals surface area contributed by atoms with Crippen molar-refractivity contribution < 1.29 is 22.1 Å². The summed E-state index contributed by atoms with van der Waals surface area (Å²) in [4.78, 5) is 0. The normalized spacial score (nSPS) is 12.8. The Balaban J connectivity index is 0.905. The van der Waals surface area contributed by atoms with Gasteiger partial charge in [0.05, 0.1) is 10.8 Å². The summed E-state index contributed by atoms with van der Waals surface area (Å²) in [6, 6.07) is 64.6. The van der Waals surface area contributed by atoms with Crippen molar-refractivity contribution in [3.05, 3.63) is 193 Å². The minimum atomic E-state index is 0.821. The molecule has 0 saturated carbocycles. The zero-order chi connectivity index (χ0) is 42.8. The van der Waals surface area contributed by atoms with Gasteiger partial charge in [-0.3, -0.25) is 0 Å². The topological polar surface area (TPSA) is 65.7 Å². The average molecular weight is 845 g/mol. The maximum atomic E-state index is 6.73. The third-order valence-electron chi connectivity index (χ3n) is 14.3. The molecule has 0 saturated heterocycles. The number of rotatable bonds is 3. The summed E-state index contributed by atoms with van der Waals surface area (Å²) in [7, 11) is 0. The predicted molar refractivity (Wildman–Crippen MR) is 267 cm³/mol. The second-order valence-electron chi connectivity index (χ2n) is 17.9. The van der Waals surface area contributed by atoms with E-state index >= 15 is 0 Å². The highest BCUT2D eigenvalue weighted by atomic mass is 16.4. The Morgan fingerprint density at radius 3 is 1.23 bits per heavy atom. The molecule has 1 aliphatic carbocycles. The van der Waals surface area contributed by atoms with E-state index in [9.17, 15) is 0 Å². The van der Waals surface area contributed by atoms with E-state index in [1.165, 1.54) is 22.3 Å². The Morgan fingerprint density at radius 2 is 0.682 bits per heavy atom. The number of furan rings is 5. The maximum absolute atomic E-state index is 6.73. The number of fused-ring (bicyclic) bond motifs is 21. The molecule has 0 spiro atoms. The van der Waals surface area contributed by atoms with Crippen LogP contribution in [0.5, 0.6) is 0 Å². The largest absolute Gasteiger partial charge is 0.456 e. The number of benzene rings is 10. The van der Waals surface area contributed by atoms with Gasteiger partial charge in [-0.25, -0.2) is 0 Å². The van der Waals surface area contributed by atoms with E-state index in [0.717, 1.165) is 149 Å². The van der Waals surface area contributed by atoms with Crippen LogP contribution in [0.3, 0.4) is 0 Å². The van der Waals surface area contributed by atoms with Crippen molar-refractivity contribution in [3.63, 3.8) is 0 Å². The molecule has 5 heteroatoms. The summed E-state index contributed by atoms with van der Waals surface area (Å²) >= 11 is 0. The third kappa shape index (κ3) is 4.68. The van der Waals surface area contributed by atoms with Gasteiger partial charge in [0.2, 0.25) is 0 Å². The lowest BCUT2D eigenvalue weighted by atomic mass is 9.91. The lowest BCUT2D eigenvalue weighted by Gasteiger charge is -2.12. The van der Waals surface area contributed by atoms with E-state index in [1.54, 1.807) is 0 Å². The van der Waals surface area contributed by atoms with Crippen molar-refractivity contribution in [2.75, 3.05) is 0 Å². The molecule has 66 heavy (non-hydrogen) atoms. The lowest BCUT2D eigenvalue weighted by molar-refractivity contribution is 0.662. The van der Waals surface area contributed by atoms with Crippen molar-refractivity contribution in [3.8, 4) is 44.5 Å². The van der Waals surface area contributed by atoms with E-state index in [1.807, 2.05) is 36.4 Å². The molecule has 0 amide bonds. The van der Waals surface area contributed by atoms with Gasteiger partial charge in [-0.1, -0.05) is 91.0 Å². The summed E-state index contributed by atoms with van der Waals surface area (Å²) in [5.74, 6) is 0. The number of para-hydroxylation sites is 2. The van der Waals surface area contributed by atoms with Gasteiger partial charge >= 0.3 is 0 Å². The minimum absolute atomic E-state index is 0.821. The lowest BCUT2D eigenvalue weighted by Crippen LogP contribution is -1.87. The van der Waals surface area contributed by atoms with E-state index in [4.69, 9.17) is 22.1 Å². The van der Waals surface area contributed by atoms with Gasteiger partial charge in [0.25, 0.3) is 0 Å². The van der Waals surface area contributed by atoms with Crippen LogP contribution in [-0.4, -0.2) is 0 Å². The highest BCUT2D eigenvalue weighted by molar-refractivity contribution is 6.24. The first-order chi connectivity index (χ1) is 32.6. The van der Waals surface area contributed by atoms with Crippen LogP contribution in [0.1, 0.15) is 11.1 Å². The summed E-state index contributed by atoms with van der Waals surface area (Å²) in [6.45, 7) is 0. The van der Waals surface area contributed by atoms with Crippen molar-refractivity contribution in [2.24, 2.45) is 0 Å². The third-order valence-corrected chi connectivity index (χ3v) is 14.3. The molecule has 1 aliphatic rings. The van der Waals surface area contributed by atoms with Crippen molar-refractivity contribution in [1.82, 2.24) is 0 Å². The van der Waals surface area contributed by atoms with Gasteiger partial charge in [-0.2, -0.15) is 0 Å². The number of hydrogen-bond acceptors (Lipinski definition) is 5. The molecule has 0 bridgehead atoms. The Morgan fingerprint density at radius 1 is 0.258 bits per heavy atom. The zero-order valence-electron chi connectivity index (χ0n) is 35.1. The minimum Gasteiger partial charge on any atom is -0.456 e. The van der Waals surface area contributed by atoms with Crippen LogP contribution in [0.4, 0.5) is 0 Å². The first kappa shape index (κ1) is 34.7. The van der Waals surface area contributed by atoms with Crippen LogP contribution in [0.25, 0.3) is 154 Å². The van der Waals surface area contributed by atoms with E-state index in [-0.39, 0.29) is 0 Å². The van der Waals surface area contributed by atoms with Crippen LogP contribution >= 0.6 is 0 Å². The highest BCUT2D eigenvalue weighted by Crippen LogP contribution is 2.47. The molecule has 5 aromatic heterocycles. The first-order valence-electron chi connectivity index (χ1n) is 22.4. The molecular weight excluding hydrogens is 813 g/mol. The highest BCUT2D eigenvalue weighted by Gasteiger charge is 2.25. The fraction of sp³-hybridized carbons (Fsp3) is 0.0164. The standard InChI is InChI=1S/C61H32O5/c1-2-8-40-35(7-1)25-36-13-17-41-46-29-32(14-20-51(46)64-59(41)56(36)40)37-26-38(33-15-21-52-47(30-33)42-18-23-54-57(60(42)65-52)44-9-3-5-11-49(44)62-54)28-39(27-37)34-16-22-53-48(31-34)43-19-24-55-58(61(43)66-53)45-10-4-6-12-50(45)63-55/h1-24,26-31H,25H2. The smallest absolute Gasteiger partial charge is 0.147 e. The van der Waals surface area contributed by atoms with Gasteiger partial charge in [0, 0.05) is 48.7 Å². The van der Waals surface area contributed by atoms with Crippen molar-refractivity contribution in [1.29, 1.82) is 0 Å². The molecule has 10 aromatic carbocycles. The van der Waals surface area contributed by atoms with Crippen LogP contribution in [-0.2, 0) is 6.42 Å². The van der Waals surface area contributed by atoms with Gasteiger partial charge in [0.15, 0.2) is 0 Å². The summed E-state index contributed by atoms with van der Waals surface area (Å²) < 4.78 is 32.5. The SMILES string of the molecule is c1ccc2c(c1)Cc1ccc3c(oc4ccc(-c5cc(-c6ccc7oc8c(ccc9oc%10ccccc%10c98)c7c6)cc(-c6ccc7oc8c(ccc9oc%10ccccc%10c98)c7c6)c5)cc43)c1-2. The molecule has 0 atom stereocenters.